The van der Waals surface area contributed by atoms with Gasteiger partial charge in [-0.05, 0) is 51.7 Å². The normalized spacial score (nSPS) is 17.6. The van der Waals surface area contributed by atoms with Crippen molar-refractivity contribution in [3.8, 4) is 0 Å². The molecule has 0 spiro atoms. The fourth-order valence-electron chi connectivity index (χ4n) is 3.89. The first-order chi connectivity index (χ1) is 12.0. The molecule has 0 bridgehead atoms. The van der Waals surface area contributed by atoms with Gasteiger partial charge in [-0.1, -0.05) is 24.3 Å². The van der Waals surface area contributed by atoms with E-state index in [1.165, 1.54) is 35.0 Å². The Hall–Kier alpha value is -2.20. The lowest BCUT2D eigenvalue weighted by Gasteiger charge is -2.28. The van der Waals surface area contributed by atoms with Crippen LogP contribution in [0.25, 0.3) is 10.9 Å². The number of benzene rings is 1. The van der Waals surface area contributed by atoms with Gasteiger partial charge >= 0.3 is 0 Å². The fraction of sp³-hybridized carbons (Fsp3) is 0.429. The van der Waals surface area contributed by atoms with E-state index in [2.05, 4.69) is 71.3 Å². The molecule has 2 aromatic heterocycles. The number of para-hydroxylation sites is 1. The molecule has 130 valence electrons. The number of hydrogen-bond donors (Lipinski definition) is 1. The summed E-state index contributed by atoms with van der Waals surface area (Å²) in [5, 5.41) is 9.65. The lowest BCUT2D eigenvalue weighted by molar-refractivity contribution is 0.334. The second-order valence-corrected chi connectivity index (χ2v) is 7.95. The van der Waals surface area contributed by atoms with Crippen molar-refractivity contribution in [2.75, 3.05) is 0 Å². The van der Waals surface area contributed by atoms with Gasteiger partial charge in [-0.2, -0.15) is 5.10 Å². The Morgan fingerprint density at radius 2 is 2.04 bits per heavy atom. The van der Waals surface area contributed by atoms with Gasteiger partial charge in [0.15, 0.2) is 0 Å². The van der Waals surface area contributed by atoms with Gasteiger partial charge in [0.1, 0.15) is 0 Å². The van der Waals surface area contributed by atoms with Crippen LogP contribution in [0, 0.1) is 0 Å². The van der Waals surface area contributed by atoms with Crippen LogP contribution in [0.4, 0.5) is 0 Å². The molecule has 0 amide bonds. The Morgan fingerprint density at radius 3 is 2.88 bits per heavy atom. The van der Waals surface area contributed by atoms with Crippen LogP contribution >= 0.6 is 0 Å². The highest BCUT2D eigenvalue weighted by Crippen LogP contribution is 2.32. The highest BCUT2D eigenvalue weighted by atomic mass is 15.3. The minimum atomic E-state index is 0.0367. The van der Waals surface area contributed by atoms with E-state index in [9.17, 15) is 0 Å². The van der Waals surface area contributed by atoms with Crippen molar-refractivity contribution >= 4 is 10.9 Å². The summed E-state index contributed by atoms with van der Waals surface area (Å²) >= 11 is 0. The van der Waals surface area contributed by atoms with E-state index in [0.29, 0.717) is 6.04 Å². The molecule has 1 aromatic carbocycles. The number of hydrogen-bond acceptors (Lipinski definition) is 3. The van der Waals surface area contributed by atoms with E-state index in [1.807, 2.05) is 12.3 Å². The van der Waals surface area contributed by atoms with Crippen molar-refractivity contribution in [3.05, 3.63) is 59.5 Å². The Kier molecular flexibility index (Phi) is 4.08. The molecule has 1 N–H and O–H groups in total. The molecule has 4 rings (SSSR count). The Balaban J connectivity index is 1.58. The van der Waals surface area contributed by atoms with Crippen LogP contribution in [0.3, 0.4) is 0 Å². The Morgan fingerprint density at radius 1 is 1.20 bits per heavy atom. The summed E-state index contributed by atoms with van der Waals surface area (Å²) in [4.78, 5) is 4.57. The van der Waals surface area contributed by atoms with Gasteiger partial charge in [0, 0.05) is 35.4 Å². The largest absolute Gasteiger partial charge is 0.306 e. The number of aromatic nitrogens is 3. The molecule has 0 unspecified atom stereocenters. The number of nitrogens with one attached hydrogen (secondary N) is 1. The molecule has 25 heavy (non-hydrogen) atoms. The van der Waals surface area contributed by atoms with Gasteiger partial charge in [-0.15, -0.1) is 0 Å². The summed E-state index contributed by atoms with van der Waals surface area (Å²) in [5.41, 5.74) is 5.16. The van der Waals surface area contributed by atoms with Crippen molar-refractivity contribution in [1.82, 2.24) is 20.1 Å². The Labute approximate surface area is 149 Å². The van der Waals surface area contributed by atoms with Crippen LogP contribution < -0.4 is 5.32 Å². The van der Waals surface area contributed by atoms with Crippen LogP contribution in [0.5, 0.6) is 0 Å². The van der Waals surface area contributed by atoms with Crippen molar-refractivity contribution < 1.29 is 0 Å². The maximum Gasteiger partial charge on any atom is 0.0746 e. The SMILES string of the molecule is CC(C)(C)n1ncc2c1CCC[C@@H]2NCc1cccc2cccnc12. The average Bonchev–Trinajstić information content (AvgIpc) is 3.05. The first-order valence-electron chi connectivity index (χ1n) is 9.17. The smallest absolute Gasteiger partial charge is 0.0746 e. The molecule has 1 aliphatic carbocycles. The van der Waals surface area contributed by atoms with E-state index < -0.39 is 0 Å². The summed E-state index contributed by atoms with van der Waals surface area (Å²) in [6.45, 7) is 7.50. The van der Waals surface area contributed by atoms with E-state index in [4.69, 9.17) is 0 Å². The molecular weight excluding hydrogens is 308 g/mol. The molecule has 2 heterocycles. The molecule has 0 saturated heterocycles. The zero-order valence-electron chi connectivity index (χ0n) is 15.3. The minimum absolute atomic E-state index is 0.0367. The summed E-state index contributed by atoms with van der Waals surface area (Å²) < 4.78 is 2.20. The quantitative estimate of drug-likeness (QED) is 0.774. The van der Waals surface area contributed by atoms with Gasteiger partial charge in [0.05, 0.1) is 17.3 Å². The lowest BCUT2D eigenvalue weighted by Crippen LogP contribution is -2.29. The predicted molar refractivity (Wildman–Crippen MR) is 101 cm³/mol. The lowest BCUT2D eigenvalue weighted by atomic mass is 9.92. The van der Waals surface area contributed by atoms with Crippen molar-refractivity contribution in [3.63, 3.8) is 0 Å². The van der Waals surface area contributed by atoms with Crippen molar-refractivity contribution in [2.24, 2.45) is 0 Å². The Bertz CT molecular complexity index is 883. The highest BCUT2D eigenvalue weighted by molar-refractivity contribution is 5.81. The standard InChI is InChI=1S/C21H26N4/c1-21(2,3)25-19-11-5-10-18(17(19)14-24-25)23-13-16-8-4-7-15-9-6-12-22-20(15)16/h4,6-9,12,14,18,23H,5,10-11,13H2,1-3H3/t18-/m0/s1. The maximum absolute atomic E-state index is 4.69. The minimum Gasteiger partial charge on any atom is -0.306 e. The molecule has 4 nitrogen and oxygen atoms in total. The average molecular weight is 334 g/mol. The molecule has 3 aromatic rings. The highest BCUT2D eigenvalue weighted by Gasteiger charge is 2.27. The topological polar surface area (TPSA) is 42.7 Å². The van der Waals surface area contributed by atoms with Gasteiger partial charge in [0.25, 0.3) is 0 Å². The van der Waals surface area contributed by atoms with E-state index in [-0.39, 0.29) is 5.54 Å². The summed E-state index contributed by atoms with van der Waals surface area (Å²) in [6, 6.07) is 10.9. The van der Waals surface area contributed by atoms with Gasteiger partial charge in [-0.3, -0.25) is 9.67 Å². The summed E-state index contributed by atoms with van der Waals surface area (Å²) in [6.07, 6.45) is 7.44. The van der Waals surface area contributed by atoms with Crippen LogP contribution in [0.1, 0.15) is 56.5 Å². The van der Waals surface area contributed by atoms with Gasteiger partial charge in [-0.25, -0.2) is 0 Å². The molecule has 1 aliphatic rings. The predicted octanol–water partition coefficient (Wildman–Crippen LogP) is 4.35. The zero-order chi connectivity index (χ0) is 17.4. The number of pyridine rings is 1. The summed E-state index contributed by atoms with van der Waals surface area (Å²) in [5.74, 6) is 0. The first kappa shape index (κ1) is 16.3. The zero-order valence-corrected chi connectivity index (χ0v) is 15.3. The molecule has 0 saturated carbocycles. The third-order valence-electron chi connectivity index (χ3n) is 5.07. The van der Waals surface area contributed by atoms with Crippen molar-refractivity contribution in [2.45, 2.75) is 58.2 Å². The van der Waals surface area contributed by atoms with Crippen molar-refractivity contribution in [1.29, 1.82) is 0 Å². The molecule has 0 radical (unpaired) electrons. The van der Waals surface area contributed by atoms with Gasteiger partial charge in [0.2, 0.25) is 0 Å². The molecule has 0 fully saturated rings. The van der Waals surface area contributed by atoms with E-state index in [1.54, 1.807) is 0 Å². The number of nitrogens with zero attached hydrogens (tertiary/aromatic N) is 3. The van der Waals surface area contributed by atoms with Crippen LogP contribution in [-0.4, -0.2) is 14.8 Å². The van der Waals surface area contributed by atoms with Gasteiger partial charge < -0.3 is 5.32 Å². The fourth-order valence-corrected chi connectivity index (χ4v) is 3.89. The van der Waals surface area contributed by atoms with E-state index >= 15 is 0 Å². The van der Waals surface area contributed by atoms with E-state index in [0.717, 1.165) is 18.5 Å². The number of fused-ring (bicyclic) bond motifs is 2. The molecule has 0 aliphatic heterocycles. The summed E-state index contributed by atoms with van der Waals surface area (Å²) in [7, 11) is 0. The second kappa shape index (κ2) is 6.26. The molecule has 4 heteroatoms. The maximum atomic E-state index is 4.69. The molecular formula is C21H26N4. The third-order valence-corrected chi connectivity index (χ3v) is 5.07. The number of rotatable bonds is 3. The van der Waals surface area contributed by atoms with Crippen LogP contribution in [0.2, 0.25) is 0 Å². The first-order valence-corrected chi connectivity index (χ1v) is 9.17. The third kappa shape index (κ3) is 3.07. The second-order valence-electron chi connectivity index (χ2n) is 7.95. The van der Waals surface area contributed by atoms with Crippen LogP contribution in [0.15, 0.2) is 42.7 Å². The molecule has 1 atom stereocenters. The monoisotopic (exact) mass is 334 g/mol. The van der Waals surface area contributed by atoms with Crippen LogP contribution in [-0.2, 0) is 18.5 Å².